The summed E-state index contributed by atoms with van der Waals surface area (Å²) in [6.45, 7) is 3.97. The Bertz CT molecular complexity index is 1230. The summed E-state index contributed by atoms with van der Waals surface area (Å²) in [5, 5.41) is 0.730. The number of rotatable bonds is 5. The van der Waals surface area contributed by atoms with Crippen LogP contribution in [0.5, 0.6) is 5.75 Å². The lowest BCUT2D eigenvalue weighted by Crippen LogP contribution is -2.26. The minimum atomic E-state index is -0.590. The number of anilines is 1. The number of fused-ring (bicyclic) bond motifs is 1. The molecule has 1 aliphatic rings. The van der Waals surface area contributed by atoms with Gasteiger partial charge < -0.3 is 18.8 Å². The minimum absolute atomic E-state index is 0.0624. The van der Waals surface area contributed by atoms with Crippen LogP contribution in [-0.4, -0.2) is 25.5 Å². The van der Waals surface area contributed by atoms with E-state index in [1.54, 1.807) is 17.0 Å². The van der Waals surface area contributed by atoms with Crippen LogP contribution >= 0.6 is 0 Å². The van der Waals surface area contributed by atoms with Crippen molar-refractivity contribution in [3.63, 3.8) is 0 Å². The van der Waals surface area contributed by atoms with Gasteiger partial charge in [-0.3, -0.25) is 9.59 Å². The van der Waals surface area contributed by atoms with Crippen molar-refractivity contribution in [3.8, 4) is 5.75 Å². The third kappa shape index (κ3) is 3.91. The van der Waals surface area contributed by atoms with Gasteiger partial charge in [0, 0.05) is 30.0 Å². The van der Waals surface area contributed by atoms with Crippen LogP contribution in [0, 0.1) is 19.8 Å². The molecule has 0 saturated carbocycles. The second-order valence-electron chi connectivity index (χ2n) is 7.66. The number of hydrogen-bond donors (Lipinski definition) is 0. The van der Waals surface area contributed by atoms with Crippen molar-refractivity contribution in [3.05, 3.63) is 69.6 Å². The predicted octanol–water partition coefficient (Wildman–Crippen LogP) is 3.51. The summed E-state index contributed by atoms with van der Waals surface area (Å²) in [7, 11) is 1.54. The second-order valence-corrected chi connectivity index (χ2v) is 7.66. The third-order valence-corrected chi connectivity index (χ3v) is 5.72. The number of carbonyl (C=O) groups excluding carboxylic acids is 2. The number of nitrogens with zero attached hydrogens (tertiary/aromatic N) is 1. The fourth-order valence-electron chi connectivity index (χ4n) is 3.86. The summed E-state index contributed by atoms with van der Waals surface area (Å²) < 4.78 is 16.2. The number of para-hydroxylation sites is 2. The Kier molecular flexibility index (Phi) is 5.50. The quantitative estimate of drug-likeness (QED) is 0.463. The maximum atomic E-state index is 12.7. The molecule has 1 aliphatic heterocycles. The Balaban J connectivity index is 1.51. The lowest BCUT2D eigenvalue weighted by Gasteiger charge is -2.19. The number of carbonyl (C=O) groups is 2. The summed E-state index contributed by atoms with van der Waals surface area (Å²) in [6, 6.07) is 12.3. The van der Waals surface area contributed by atoms with Crippen molar-refractivity contribution in [2.45, 2.75) is 26.9 Å². The van der Waals surface area contributed by atoms with Crippen LogP contribution in [0.4, 0.5) is 5.69 Å². The molecule has 1 aromatic heterocycles. The van der Waals surface area contributed by atoms with E-state index in [0.717, 1.165) is 16.5 Å². The summed E-state index contributed by atoms with van der Waals surface area (Å²) in [5.74, 6) is -0.662. The molecule has 1 amide bonds. The Hall–Kier alpha value is -3.61. The average Bonchev–Trinajstić information content (AvgIpc) is 3.16. The first-order valence-corrected chi connectivity index (χ1v) is 10.0. The van der Waals surface area contributed by atoms with E-state index in [9.17, 15) is 14.4 Å². The Morgan fingerprint density at radius 1 is 1.16 bits per heavy atom. The molecule has 2 aromatic carbocycles. The van der Waals surface area contributed by atoms with Crippen molar-refractivity contribution >= 4 is 28.5 Å². The number of benzene rings is 2. The fourth-order valence-corrected chi connectivity index (χ4v) is 3.86. The SMILES string of the molecule is COc1ccccc1N1C[C@H](C(=O)OCc2cc(=O)oc3c(C)c(C)ccc23)CC1=O. The molecule has 0 bridgehead atoms. The standard InChI is InChI=1S/C24H23NO6/c1-14-8-9-18-17(11-22(27)31-23(18)15(14)2)13-30-24(28)16-10-21(26)25(12-16)19-6-4-5-7-20(19)29-3/h4-9,11,16H,10,12-13H2,1-3H3/t16-/m1/s1. The van der Waals surface area contributed by atoms with Gasteiger partial charge in [-0.05, 0) is 37.1 Å². The molecule has 7 nitrogen and oxygen atoms in total. The molecule has 1 saturated heterocycles. The van der Waals surface area contributed by atoms with Gasteiger partial charge in [-0.15, -0.1) is 0 Å². The Morgan fingerprint density at radius 2 is 1.94 bits per heavy atom. The van der Waals surface area contributed by atoms with Crippen LogP contribution in [0.2, 0.25) is 0 Å². The van der Waals surface area contributed by atoms with E-state index in [-0.39, 0.29) is 25.5 Å². The molecule has 31 heavy (non-hydrogen) atoms. The predicted molar refractivity (Wildman–Crippen MR) is 115 cm³/mol. The molecule has 1 fully saturated rings. The average molecular weight is 421 g/mol. The Morgan fingerprint density at radius 3 is 2.71 bits per heavy atom. The van der Waals surface area contributed by atoms with E-state index in [2.05, 4.69) is 0 Å². The molecule has 0 aliphatic carbocycles. The normalized spacial score (nSPS) is 16.0. The Labute approximate surface area is 179 Å². The van der Waals surface area contributed by atoms with E-state index in [1.807, 2.05) is 38.1 Å². The molecule has 0 unspecified atom stereocenters. The number of aryl methyl sites for hydroxylation is 2. The smallest absolute Gasteiger partial charge is 0.336 e. The lowest BCUT2D eigenvalue weighted by atomic mass is 10.0. The highest BCUT2D eigenvalue weighted by Gasteiger charge is 2.37. The van der Waals surface area contributed by atoms with E-state index in [4.69, 9.17) is 13.9 Å². The van der Waals surface area contributed by atoms with Crippen LogP contribution in [0.25, 0.3) is 11.0 Å². The van der Waals surface area contributed by atoms with Crippen molar-refractivity contribution in [2.24, 2.45) is 5.92 Å². The molecule has 7 heteroatoms. The molecule has 3 aromatic rings. The molecular formula is C24H23NO6. The van der Waals surface area contributed by atoms with Crippen LogP contribution in [0.15, 0.2) is 51.7 Å². The van der Waals surface area contributed by atoms with Gasteiger partial charge in [0.15, 0.2) is 0 Å². The minimum Gasteiger partial charge on any atom is -0.495 e. The molecule has 0 N–H and O–H groups in total. The van der Waals surface area contributed by atoms with Gasteiger partial charge in [-0.25, -0.2) is 4.79 Å². The summed E-state index contributed by atoms with van der Waals surface area (Å²) >= 11 is 0. The first-order valence-electron chi connectivity index (χ1n) is 10.0. The van der Waals surface area contributed by atoms with Gasteiger partial charge in [0.2, 0.25) is 5.91 Å². The molecule has 160 valence electrons. The molecular weight excluding hydrogens is 398 g/mol. The highest BCUT2D eigenvalue weighted by molar-refractivity contribution is 6.00. The summed E-state index contributed by atoms with van der Waals surface area (Å²) in [6.07, 6.45) is 0.0624. The van der Waals surface area contributed by atoms with Gasteiger partial charge in [-0.1, -0.05) is 24.3 Å². The summed E-state index contributed by atoms with van der Waals surface area (Å²) in [5.41, 5.74) is 3.08. The molecule has 0 spiro atoms. The number of methoxy groups -OCH3 is 1. The molecule has 4 rings (SSSR count). The largest absolute Gasteiger partial charge is 0.495 e. The van der Waals surface area contributed by atoms with Gasteiger partial charge in [-0.2, -0.15) is 0 Å². The first-order chi connectivity index (χ1) is 14.9. The number of hydrogen-bond acceptors (Lipinski definition) is 6. The van der Waals surface area contributed by atoms with Gasteiger partial charge in [0.25, 0.3) is 0 Å². The molecule has 1 atom stereocenters. The van der Waals surface area contributed by atoms with Crippen LogP contribution < -0.4 is 15.3 Å². The number of ether oxygens (including phenoxy) is 2. The van der Waals surface area contributed by atoms with E-state index in [1.165, 1.54) is 13.2 Å². The maximum Gasteiger partial charge on any atom is 0.336 e. The monoisotopic (exact) mass is 421 g/mol. The maximum absolute atomic E-state index is 12.7. The van der Waals surface area contributed by atoms with Crippen LogP contribution in [0.3, 0.4) is 0 Å². The number of esters is 1. The number of amides is 1. The zero-order valence-electron chi connectivity index (χ0n) is 17.6. The van der Waals surface area contributed by atoms with Gasteiger partial charge in [0.05, 0.1) is 18.7 Å². The molecule has 2 heterocycles. The third-order valence-electron chi connectivity index (χ3n) is 5.72. The van der Waals surface area contributed by atoms with E-state index < -0.39 is 17.5 Å². The molecule has 0 radical (unpaired) electrons. The van der Waals surface area contributed by atoms with Crippen molar-refractivity contribution in [1.82, 2.24) is 0 Å². The van der Waals surface area contributed by atoms with Gasteiger partial charge >= 0.3 is 11.6 Å². The zero-order chi connectivity index (χ0) is 22.1. The van der Waals surface area contributed by atoms with Crippen LogP contribution in [-0.2, 0) is 20.9 Å². The van der Waals surface area contributed by atoms with Gasteiger partial charge in [0.1, 0.15) is 17.9 Å². The summed E-state index contributed by atoms with van der Waals surface area (Å²) in [4.78, 5) is 38.8. The first kappa shape index (κ1) is 20.7. The van der Waals surface area contributed by atoms with Crippen LogP contribution in [0.1, 0.15) is 23.1 Å². The van der Waals surface area contributed by atoms with Crippen molar-refractivity contribution in [2.75, 3.05) is 18.6 Å². The highest BCUT2D eigenvalue weighted by atomic mass is 16.5. The topological polar surface area (TPSA) is 86.0 Å². The van der Waals surface area contributed by atoms with E-state index >= 15 is 0 Å². The van der Waals surface area contributed by atoms with Crippen molar-refractivity contribution < 1.29 is 23.5 Å². The fraction of sp³-hybridized carbons (Fsp3) is 0.292. The highest BCUT2D eigenvalue weighted by Crippen LogP contribution is 2.33. The zero-order valence-corrected chi connectivity index (χ0v) is 17.6. The lowest BCUT2D eigenvalue weighted by molar-refractivity contribution is -0.149. The van der Waals surface area contributed by atoms with Crippen molar-refractivity contribution in [1.29, 1.82) is 0 Å². The van der Waals surface area contributed by atoms with E-state index in [0.29, 0.717) is 22.6 Å². The second kappa shape index (κ2) is 8.26.